The van der Waals surface area contributed by atoms with Gasteiger partial charge in [-0.1, -0.05) is 42.5 Å². The molecule has 2 aliphatic heterocycles. The fraction of sp³-hybridized carbons (Fsp3) is 0.357. The highest BCUT2D eigenvalue weighted by atomic mass is 16.1. The van der Waals surface area contributed by atoms with Gasteiger partial charge in [-0.2, -0.15) is 0 Å². The summed E-state index contributed by atoms with van der Waals surface area (Å²) in [5.74, 6) is 1.50. The number of benzene rings is 1. The largest absolute Gasteiger partial charge is 0.345 e. The van der Waals surface area contributed by atoms with Crippen molar-refractivity contribution in [1.82, 2.24) is 14.5 Å². The number of pyridine rings is 1. The van der Waals surface area contributed by atoms with Crippen LogP contribution in [0.4, 0.5) is 5.82 Å². The third kappa shape index (κ3) is 5.09. The molecule has 2 aliphatic rings. The average Bonchev–Trinajstić information content (AvgIpc) is 3.21. The van der Waals surface area contributed by atoms with Crippen LogP contribution in [0.1, 0.15) is 36.1 Å². The number of aromatic nitrogens is 2. The van der Waals surface area contributed by atoms with Crippen molar-refractivity contribution >= 4 is 17.8 Å². The fourth-order valence-corrected chi connectivity index (χ4v) is 4.99. The molecule has 5 rings (SSSR count). The summed E-state index contributed by atoms with van der Waals surface area (Å²) < 4.78 is 2.50. The van der Waals surface area contributed by atoms with Gasteiger partial charge in [0.1, 0.15) is 5.82 Å². The van der Waals surface area contributed by atoms with E-state index >= 15 is 0 Å². The van der Waals surface area contributed by atoms with Crippen LogP contribution in [-0.4, -0.2) is 40.0 Å². The highest BCUT2D eigenvalue weighted by Crippen LogP contribution is 2.27. The van der Waals surface area contributed by atoms with Gasteiger partial charge in [0.25, 0.3) is 0 Å². The number of carbonyl (C=O) groups excluding carboxylic acids is 1. The lowest BCUT2D eigenvalue weighted by Gasteiger charge is -2.32. The first kappa shape index (κ1) is 21.7. The first-order valence-corrected chi connectivity index (χ1v) is 12.0. The van der Waals surface area contributed by atoms with Crippen LogP contribution >= 0.6 is 0 Å². The van der Waals surface area contributed by atoms with E-state index in [0.29, 0.717) is 6.42 Å². The standard InChI is InChI=1S/C28H32N4O/c1-21-9-11-26(24-7-3-2-4-8-24)32(21)20-22-13-16-31(17-14-22)15-5-6-23-18-25-10-12-27(33)30-28(25)29-19-23/h2-9,11,18-19,22H,10,12-17,20H2,1H3,(H,29,30,33)/b6-5+. The molecule has 1 fully saturated rings. The van der Waals surface area contributed by atoms with E-state index in [4.69, 9.17) is 0 Å². The molecular formula is C28H32N4O. The average molecular weight is 441 g/mol. The molecule has 0 aliphatic carbocycles. The van der Waals surface area contributed by atoms with E-state index in [1.165, 1.54) is 29.8 Å². The lowest BCUT2D eigenvalue weighted by Crippen LogP contribution is -2.35. The summed E-state index contributed by atoms with van der Waals surface area (Å²) in [5, 5.41) is 2.85. The van der Waals surface area contributed by atoms with Crippen molar-refractivity contribution in [2.45, 2.75) is 39.2 Å². The van der Waals surface area contributed by atoms with E-state index < -0.39 is 0 Å². The Morgan fingerprint density at radius 2 is 1.91 bits per heavy atom. The second-order valence-corrected chi connectivity index (χ2v) is 9.31. The van der Waals surface area contributed by atoms with E-state index in [2.05, 4.69) is 87.4 Å². The van der Waals surface area contributed by atoms with Gasteiger partial charge in [-0.15, -0.1) is 0 Å². The number of nitrogens with one attached hydrogen (secondary N) is 1. The van der Waals surface area contributed by atoms with Crippen LogP contribution in [0.15, 0.2) is 60.8 Å². The van der Waals surface area contributed by atoms with Gasteiger partial charge in [0.15, 0.2) is 0 Å². The van der Waals surface area contributed by atoms with Crippen LogP contribution in [0, 0.1) is 12.8 Å². The molecule has 3 aromatic rings. The number of anilines is 1. The molecule has 2 aromatic heterocycles. The molecule has 4 heterocycles. The minimum Gasteiger partial charge on any atom is -0.345 e. The summed E-state index contributed by atoms with van der Waals surface area (Å²) >= 11 is 0. The van der Waals surface area contributed by atoms with Crippen LogP contribution in [-0.2, 0) is 17.8 Å². The number of amides is 1. The Kier molecular flexibility index (Phi) is 6.40. The zero-order valence-electron chi connectivity index (χ0n) is 19.3. The first-order valence-electron chi connectivity index (χ1n) is 12.0. The van der Waals surface area contributed by atoms with Crippen molar-refractivity contribution in [2.75, 3.05) is 25.0 Å². The molecule has 5 nitrogen and oxygen atoms in total. The monoisotopic (exact) mass is 440 g/mol. The summed E-state index contributed by atoms with van der Waals surface area (Å²) in [7, 11) is 0. The summed E-state index contributed by atoms with van der Waals surface area (Å²) in [6, 6.07) is 17.4. The third-order valence-electron chi connectivity index (χ3n) is 6.96. The number of nitrogens with zero attached hydrogens (tertiary/aromatic N) is 3. The molecule has 1 N–H and O–H groups in total. The molecule has 0 saturated carbocycles. The molecule has 0 unspecified atom stereocenters. The molecule has 0 bridgehead atoms. The van der Waals surface area contributed by atoms with E-state index in [1.54, 1.807) is 0 Å². The number of hydrogen-bond acceptors (Lipinski definition) is 3. The molecule has 0 radical (unpaired) electrons. The van der Waals surface area contributed by atoms with Gasteiger partial charge in [-0.3, -0.25) is 9.69 Å². The third-order valence-corrected chi connectivity index (χ3v) is 6.96. The number of aryl methyl sites for hydroxylation is 2. The molecule has 5 heteroatoms. The van der Waals surface area contributed by atoms with Gasteiger partial charge in [0.2, 0.25) is 5.91 Å². The van der Waals surface area contributed by atoms with Crippen LogP contribution in [0.5, 0.6) is 0 Å². The second kappa shape index (κ2) is 9.75. The number of fused-ring (bicyclic) bond motifs is 1. The highest BCUT2D eigenvalue weighted by Gasteiger charge is 2.20. The minimum atomic E-state index is 0.0601. The van der Waals surface area contributed by atoms with Crippen LogP contribution in [0.3, 0.4) is 0 Å². The predicted octanol–water partition coefficient (Wildman–Crippen LogP) is 5.17. The summed E-state index contributed by atoms with van der Waals surface area (Å²) in [5.41, 5.74) is 6.21. The Bertz CT molecular complexity index is 1140. The van der Waals surface area contributed by atoms with Gasteiger partial charge < -0.3 is 9.88 Å². The quantitative estimate of drug-likeness (QED) is 0.575. The molecular weight excluding hydrogens is 408 g/mol. The zero-order valence-corrected chi connectivity index (χ0v) is 19.3. The molecule has 0 spiro atoms. The normalized spacial score (nSPS) is 17.3. The first-order chi connectivity index (χ1) is 16.2. The number of rotatable bonds is 6. The topological polar surface area (TPSA) is 50.2 Å². The van der Waals surface area contributed by atoms with Gasteiger partial charge in [-0.25, -0.2) is 4.98 Å². The summed E-state index contributed by atoms with van der Waals surface area (Å²) in [6.45, 7) is 6.58. The van der Waals surface area contributed by atoms with E-state index in [0.717, 1.165) is 55.5 Å². The molecule has 1 aromatic carbocycles. The van der Waals surface area contributed by atoms with Crippen molar-refractivity contribution in [3.63, 3.8) is 0 Å². The zero-order chi connectivity index (χ0) is 22.6. The Morgan fingerprint density at radius 3 is 2.73 bits per heavy atom. The molecule has 0 atom stereocenters. The lowest BCUT2D eigenvalue weighted by molar-refractivity contribution is -0.116. The fourth-order valence-electron chi connectivity index (χ4n) is 4.99. The smallest absolute Gasteiger partial charge is 0.225 e. The minimum absolute atomic E-state index is 0.0601. The number of likely N-dealkylation sites (tertiary alicyclic amines) is 1. The summed E-state index contributed by atoms with van der Waals surface area (Å²) in [4.78, 5) is 18.5. The van der Waals surface area contributed by atoms with Crippen molar-refractivity contribution in [1.29, 1.82) is 0 Å². The lowest BCUT2D eigenvalue weighted by atomic mass is 9.96. The molecule has 170 valence electrons. The molecule has 1 amide bonds. The van der Waals surface area contributed by atoms with Crippen molar-refractivity contribution in [3.05, 3.63) is 77.6 Å². The van der Waals surface area contributed by atoms with Gasteiger partial charge in [0, 0.05) is 37.1 Å². The number of carbonyl (C=O) groups is 1. The van der Waals surface area contributed by atoms with Crippen molar-refractivity contribution < 1.29 is 4.79 Å². The van der Waals surface area contributed by atoms with Crippen LogP contribution in [0.2, 0.25) is 0 Å². The highest BCUT2D eigenvalue weighted by molar-refractivity contribution is 5.92. The van der Waals surface area contributed by atoms with E-state index in [-0.39, 0.29) is 5.91 Å². The molecule has 33 heavy (non-hydrogen) atoms. The van der Waals surface area contributed by atoms with Crippen LogP contribution in [0.25, 0.3) is 17.3 Å². The van der Waals surface area contributed by atoms with Crippen LogP contribution < -0.4 is 5.32 Å². The van der Waals surface area contributed by atoms with Gasteiger partial charge in [0.05, 0.1) is 0 Å². The van der Waals surface area contributed by atoms with Gasteiger partial charge >= 0.3 is 0 Å². The van der Waals surface area contributed by atoms with E-state index in [1.807, 2.05) is 6.20 Å². The van der Waals surface area contributed by atoms with Gasteiger partial charge in [-0.05, 0) is 80.1 Å². The number of piperidine rings is 1. The number of hydrogen-bond donors (Lipinski definition) is 1. The maximum absolute atomic E-state index is 11.5. The Hall–Kier alpha value is -3.18. The Morgan fingerprint density at radius 1 is 1.09 bits per heavy atom. The van der Waals surface area contributed by atoms with E-state index in [9.17, 15) is 4.79 Å². The van der Waals surface area contributed by atoms with Crippen molar-refractivity contribution in [2.24, 2.45) is 5.92 Å². The maximum atomic E-state index is 11.5. The predicted molar refractivity (Wildman–Crippen MR) is 134 cm³/mol. The summed E-state index contributed by atoms with van der Waals surface area (Å²) in [6.07, 6.45) is 10.0. The SMILES string of the molecule is Cc1ccc(-c2ccccc2)n1CC1CCN(C/C=C/c2cnc3c(c2)CCC(=O)N3)CC1. The Balaban J connectivity index is 1.14. The maximum Gasteiger partial charge on any atom is 0.225 e. The second-order valence-electron chi connectivity index (χ2n) is 9.31. The Labute approximate surface area is 196 Å². The molecule has 1 saturated heterocycles. The van der Waals surface area contributed by atoms with Crippen molar-refractivity contribution in [3.8, 4) is 11.3 Å².